The summed E-state index contributed by atoms with van der Waals surface area (Å²) in [6, 6.07) is 52.2. The standard InChI is InChI=1S/C40H45NO7.C37H40O7/c1-6-15-32-36(20-13-21-37(32)48-38-19-12-11-18-33(38)40(43)44-5)45-24-14-25-46-39-27-30(28-47-31-16-9-8-10-17-31)34(26-29(39)7-2)35(42)22-23-41(3)4;1-5-14-30-33(19-12-20-34(30)44-35-18-11-10-17-31(35)37(39)40-4)41-21-13-22-42-36-24-28(25-43-29-15-8-7-9-16-29)32(26(3)38)23-27(36)6-2/h8-13,16-23,26-27H,6-7,14-15,24-25,28H2,1-5H3;7-12,15-20,23-24H,5-6,13-14,21-22,25H2,1-4H3/b23-22+;. The molecule has 15 nitrogen and oxygen atoms in total. The van der Waals surface area contributed by atoms with E-state index in [0.717, 1.165) is 100.0 Å². The molecule has 8 rings (SSSR count). The van der Waals surface area contributed by atoms with E-state index < -0.39 is 11.9 Å². The minimum atomic E-state index is -0.459. The fraction of sp³-hybridized carbons (Fsp3) is 0.299. The number of nitrogens with zero attached hydrogens (tertiary/aromatic N) is 1. The number of Topliss-reactive ketones (excluding diaryl/α,β-unsaturated/α-hetero) is 1. The molecule has 482 valence electrons. The van der Waals surface area contributed by atoms with Gasteiger partial charge >= 0.3 is 11.9 Å². The Hall–Kier alpha value is -10.0. The molecule has 0 spiro atoms. The molecule has 0 unspecified atom stereocenters. The van der Waals surface area contributed by atoms with Crippen molar-refractivity contribution in [2.24, 2.45) is 0 Å². The number of rotatable bonds is 34. The van der Waals surface area contributed by atoms with E-state index in [1.54, 1.807) is 55.6 Å². The molecule has 0 saturated carbocycles. The fourth-order valence-corrected chi connectivity index (χ4v) is 9.91. The monoisotopic (exact) mass is 1250 g/mol. The number of allylic oxidation sites excluding steroid dienone is 1. The molecule has 0 aliphatic rings. The van der Waals surface area contributed by atoms with E-state index in [4.69, 9.17) is 47.4 Å². The molecule has 8 aromatic rings. The second-order valence-electron chi connectivity index (χ2n) is 21.6. The summed E-state index contributed by atoms with van der Waals surface area (Å²) >= 11 is 0. The molecule has 8 aromatic carbocycles. The molecule has 0 aliphatic heterocycles. The maximum Gasteiger partial charge on any atom is 0.341 e. The largest absolute Gasteiger partial charge is 0.493 e. The molecule has 15 heteroatoms. The number of ether oxygens (including phenoxy) is 10. The molecule has 0 N–H and O–H groups in total. The zero-order valence-corrected chi connectivity index (χ0v) is 54.4. The van der Waals surface area contributed by atoms with Crippen LogP contribution in [-0.2, 0) is 48.4 Å². The van der Waals surface area contributed by atoms with Crippen LogP contribution >= 0.6 is 0 Å². The van der Waals surface area contributed by atoms with Gasteiger partial charge in [0.15, 0.2) is 11.6 Å². The van der Waals surface area contributed by atoms with Crippen LogP contribution in [0.25, 0.3) is 0 Å². The summed E-state index contributed by atoms with van der Waals surface area (Å²) in [6.07, 6.45) is 9.31. The smallest absolute Gasteiger partial charge is 0.341 e. The van der Waals surface area contributed by atoms with Gasteiger partial charge in [-0.25, -0.2) is 9.59 Å². The molecule has 0 heterocycles. The van der Waals surface area contributed by atoms with E-state index in [-0.39, 0.29) is 24.8 Å². The van der Waals surface area contributed by atoms with Crippen molar-refractivity contribution in [2.75, 3.05) is 54.7 Å². The van der Waals surface area contributed by atoms with Gasteiger partial charge in [-0.1, -0.05) is 113 Å². The highest BCUT2D eigenvalue weighted by Gasteiger charge is 2.21. The molecule has 0 radical (unpaired) electrons. The number of esters is 2. The van der Waals surface area contributed by atoms with Crippen molar-refractivity contribution in [3.8, 4) is 57.5 Å². The van der Waals surface area contributed by atoms with Crippen molar-refractivity contribution < 1.29 is 66.5 Å². The molecule has 0 aromatic heterocycles. The van der Waals surface area contributed by atoms with Crippen molar-refractivity contribution in [3.63, 3.8) is 0 Å². The van der Waals surface area contributed by atoms with Crippen LogP contribution in [0.2, 0.25) is 0 Å². The second kappa shape index (κ2) is 36.6. The van der Waals surface area contributed by atoms with E-state index in [2.05, 4.69) is 13.8 Å². The van der Waals surface area contributed by atoms with Crippen molar-refractivity contribution in [1.29, 1.82) is 0 Å². The van der Waals surface area contributed by atoms with E-state index in [0.29, 0.717) is 90.9 Å². The second-order valence-corrected chi connectivity index (χ2v) is 21.6. The van der Waals surface area contributed by atoms with Gasteiger partial charge in [0.2, 0.25) is 0 Å². The van der Waals surface area contributed by atoms with Gasteiger partial charge in [-0.2, -0.15) is 0 Å². The number of carbonyl (C=O) groups excluding carboxylic acids is 4. The van der Waals surface area contributed by atoms with Gasteiger partial charge < -0.3 is 52.3 Å². The van der Waals surface area contributed by atoms with Crippen molar-refractivity contribution in [1.82, 2.24) is 4.90 Å². The topological polar surface area (TPSA) is 164 Å². The fourth-order valence-electron chi connectivity index (χ4n) is 9.91. The van der Waals surface area contributed by atoms with E-state index in [1.807, 2.05) is 166 Å². The van der Waals surface area contributed by atoms with Crippen LogP contribution in [-0.4, -0.2) is 83.1 Å². The maximum atomic E-state index is 13.2. The predicted octanol–water partition coefficient (Wildman–Crippen LogP) is 16.9. The molecular formula is C77H85NO14. The summed E-state index contributed by atoms with van der Waals surface area (Å²) in [5.41, 5.74) is 7.29. The van der Waals surface area contributed by atoms with E-state index >= 15 is 0 Å². The Bertz CT molecular complexity index is 3710. The van der Waals surface area contributed by atoms with E-state index in [9.17, 15) is 19.2 Å². The van der Waals surface area contributed by atoms with Gasteiger partial charge in [-0.3, -0.25) is 9.59 Å². The van der Waals surface area contributed by atoms with Crippen LogP contribution in [0.1, 0.15) is 135 Å². The summed E-state index contributed by atoms with van der Waals surface area (Å²) in [4.78, 5) is 52.0. The number of carbonyl (C=O) groups is 4. The number of aryl methyl sites for hydroxylation is 2. The van der Waals surface area contributed by atoms with Crippen molar-refractivity contribution >= 4 is 23.5 Å². The first-order chi connectivity index (χ1) is 44.8. The summed E-state index contributed by atoms with van der Waals surface area (Å²) in [6.45, 7) is 12.1. The maximum absolute atomic E-state index is 13.2. The average Bonchev–Trinajstić information content (AvgIpc) is 1.04. The Morgan fingerprint density at radius 2 is 0.783 bits per heavy atom. The first-order valence-electron chi connectivity index (χ1n) is 31.3. The molecule has 0 bridgehead atoms. The van der Waals surface area contributed by atoms with Crippen LogP contribution in [0.3, 0.4) is 0 Å². The Labute approximate surface area is 541 Å². The number of hydrogen-bond donors (Lipinski definition) is 0. The third-order valence-electron chi connectivity index (χ3n) is 14.6. The molecule has 0 saturated heterocycles. The van der Waals surface area contributed by atoms with Crippen LogP contribution in [0.15, 0.2) is 182 Å². The number of para-hydroxylation sites is 4. The molecular weight excluding hydrogens is 1160 g/mol. The molecule has 0 fully saturated rings. The highest BCUT2D eigenvalue weighted by Crippen LogP contribution is 2.37. The summed E-state index contributed by atoms with van der Waals surface area (Å²) in [5, 5.41) is 0. The molecule has 0 amide bonds. The summed E-state index contributed by atoms with van der Waals surface area (Å²) < 4.78 is 59.2. The number of ketones is 2. The van der Waals surface area contributed by atoms with Crippen LogP contribution in [0.4, 0.5) is 0 Å². The van der Waals surface area contributed by atoms with Gasteiger partial charge in [-0.05, 0) is 141 Å². The lowest BCUT2D eigenvalue weighted by Gasteiger charge is -2.18. The minimum absolute atomic E-state index is 0.00538. The molecule has 0 aliphatic carbocycles. The van der Waals surface area contributed by atoms with Gasteiger partial charge in [0.25, 0.3) is 0 Å². The van der Waals surface area contributed by atoms with E-state index in [1.165, 1.54) is 14.2 Å². The highest BCUT2D eigenvalue weighted by molar-refractivity contribution is 6.06. The minimum Gasteiger partial charge on any atom is -0.493 e. The lowest BCUT2D eigenvalue weighted by Crippen LogP contribution is -2.11. The summed E-state index contributed by atoms with van der Waals surface area (Å²) in [7, 11) is 6.46. The third-order valence-corrected chi connectivity index (χ3v) is 14.6. The van der Waals surface area contributed by atoms with Gasteiger partial charge in [0, 0.05) is 72.6 Å². The lowest BCUT2D eigenvalue weighted by molar-refractivity contribution is 0.0588. The molecule has 0 atom stereocenters. The predicted molar refractivity (Wildman–Crippen MR) is 358 cm³/mol. The first-order valence-corrected chi connectivity index (χ1v) is 31.3. The number of benzene rings is 8. The van der Waals surface area contributed by atoms with Crippen LogP contribution < -0.4 is 37.9 Å². The first kappa shape index (κ1) is 69.5. The summed E-state index contributed by atoms with van der Waals surface area (Å²) in [5.74, 6) is 5.52. The van der Waals surface area contributed by atoms with Crippen molar-refractivity contribution in [2.45, 2.75) is 99.2 Å². The normalized spacial score (nSPS) is 10.8. The average molecular weight is 1250 g/mol. The quantitative estimate of drug-likeness (QED) is 0.0162. The Kier molecular flexibility index (Phi) is 27.6. The zero-order chi connectivity index (χ0) is 65.6. The molecule has 92 heavy (non-hydrogen) atoms. The van der Waals surface area contributed by atoms with Crippen LogP contribution in [0.5, 0.6) is 57.5 Å². The SMILES string of the molecule is CCCc1c(OCCCOc2cc(COc3ccccc3)c(C(=O)/C=C/N(C)C)cc2CC)cccc1Oc1ccccc1C(=O)OC.CCCc1c(OCCCOc2cc(COc3ccccc3)c(C(C)=O)cc2CC)cccc1Oc1ccccc1C(=O)OC. The highest BCUT2D eigenvalue weighted by atomic mass is 16.5. The third kappa shape index (κ3) is 20.2. The van der Waals surface area contributed by atoms with Crippen molar-refractivity contribution in [3.05, 3.63) is 238 Å². The Morgan fingerprint density at radius 3 is 1.18 bits per heavy atom. The van der Waals surface area contributed by atoms with Gasteiger partial charge in [0.1, 0.15) is 81.8 Å². The Balaban J connectivity index is 0.000000262. The van der Waals surface area contributed by atoms with Gasteiger partial charge in [-0.15, -0.1) is 0 Å². The number of hydrogen-bond acceptors (Lipinski definition) is 15. The number of methoxy groups -OCH3 is 2. The Morgan fingerprint density at radius 1 is 0.402 bits per heavy atom. The zero-order valence-electron chi connectivity index (χ0n) is 54.4. The van der Waals surface area contributed by atoms with Gasteiger partial charge in [0.05, 0.1) is 40.6 Å². The lowest BCUT2D eigenvalue weighted by atomic mass is 9.98. The van der Waals surface area contributed by atoms with Crippen LogP contribution in [0, 0.1) is 0 Å².